The van der Waals surface area contributed by atoms with E-state index in [2.05, 4.69) is 10.3 Å². The summed E-state index contributed by atoms with van der Waals surface area (Å²) < 4.78 is 17.1. The van der Waals surface area contributed by atoms with E-state index in [1.165, 1.54) is 17.4 Å². The van der Waals surface area contributed by atoms with Crippen LogP contribution in [0, 0.1) is 0 Å². The standard InChI is InChI=1S/C24H25N3O5S/c1-2-30-21-14-17(8-10-20(21)32-13-12-31-19-6-4-3-5-7-19)9-11-23(29)27-24-26-18(16-33-24)15-22(25)28/h3-11,14,16H,2,12-13,15H2,1H3,(H2,25,28)(H,26,27,29). The van der Waals surface area contributed by atoms with Gasteiger partial charge in [0.1, 0.15) is 19.0 Å². The van der Waals surface area contributed by atoms with Gasteiger partial charge in [0.25, 0.3) is 0 Å². The predicted octanol–water partition coefficient (Wildman–Crippen LogP) is 3.68. The van der Waals surface area contributed by atoms with E-state index in [0.717, 1.165) is 11.3 Å². The van der Waals surface area contributed by atoms with E-state index < -0.39 is 5.91 Å². The van der Waals surface area contributed by atoms with Gasteiger partial charge in [-0.25, -0.2) is 4.98 Å². The molecule has 0 aliphatic carbocycles. The third kappa shape index (κ3) is 7.97. The van der Waals surface area contributed by atoms with E-state index in [9.17, 15) is 9.59 Å². The van der Waals surface area contributed by atoms with Crippen molar-refractivity contribution in [1.29, 1.82) is 0 Å². The van der Waals surface area contributed by atoms with Crippen LogP contribution in [0.1, 0.15) is 18.2 Å². The SMILES string of the molecule is CCOc1cc(C=CC(=O)Nc2nc(CC(N)=O)cs2)ccc1OCCOc1ccccc1. The topological polar surface area (TPSA) is 113 Å². The number of hydrogen-bond acceptors (Lipinski definition) is 7. The van der Waals surface area contributed by atoms with Gasteiger partial charge in [-0.2, -0.15) is 0 Å². The number of anilines is 1. The Hall–Kier alpha value is -3.85. The van der Waals surface area contributed by atoms with Gasteiger partial charge in [0, 0.05) is 11.5 Å². The van der Waals surface area contributed by atoms with Crippen molar-refractivity contribution in [3.05, 3.63) is 71.2 Å². The average molecular weight is 468 g/mol. The molecular formula is C24H25N3O5S. The van der Waals surface area contributed by atoms with Crippen LogP contribution in [0.4, 0.5) is 5.13 Å². The minimum absolute atomic E-state index is 0.0369. The van der Waals surface area contributed by atoms with Crippen molar-refractivity contribution < 1.29 is 23.8 Å². The van der Waals surface area contributed by atoms with Crippen molar-refractivity contribution in [1.82, 2.24) is 4.98 Å². The summed E-state index contributed by atoms with van der Waals surface area (Å²) in [6, 6.07) is 14.9. The van der Waals surface area contributed by atoms with Crippen LogP contribution in [0.3, 0.4) is 0 Å². The van der Waals surface area contributed by atoms with Crippen molar-refractivity contribution in [2.45, 2.75) is 13.3 Å². The Bertz CT molecular complexity index is 1100. The van der Waals surface area contributed by atoms with Crippen LogP contribution in [0.15, 0.2) is 60.0 Å². The highest BCUT2D eigenvalue weighted by Crippen LogP contribution is 2.29. The van der Waals surface area contributed by atoms with Gasteiger partial charge < -0.3 is 19.9 Å². The summed E-state index contributed by atoms with van der Waals surface area (Å²) in [6.07, 6.45) is 3.10. The summed E-state index contributed by atoms with van der Waals surface area (Å²) >= 11 is 1.23. The summed E-state index contributed by atoms with van der Waals surface area (Å²) in [6.45, 7) is 3.12. The predicted molar refractivity (Wildman–Crippen MR) is 128 cm³/mol. The zero-order valence-corrected chi connectivity index (χ0v) is 19.0. The summed E-state index contributed by atoms with van der Waals surface area (Å²) in [5.74, 6) is 1.15. The van der Waals surface area contributed by atoms with E-state index in [1.807, 2.05) is 43.3 Å². The average Bonchev–Trinajstić information content (AvgIpc) is 3.23. The molecule has 2 aromatic carbocycles. The number of rotatable bonds is 12. The highest BCUT2D eigenvalue weighted by atomic mass is 32.1. The number of ether oxygens (including phenoxy) is 3. The third-order valence-corrected chi connectivity index (χ3v) is 4.99. The van der Waals surface area contributed by atoms with Gasteiger partial charge in [0.05, 0.1) is 18.7 Å². The van der Waals surface area contributed by atoms with Gasteiger partial charge >= 0.3 is 0 Å². The minimum atomic E-state index is -0.473. The summed E-state index contributed by atoms with van der Waals surface area (Å²) in [4.78, 5) is 27.3. The van der Waals surface area contributed by atoms with Crippen LogP contribution >= 0.6 is 11.3 Å². The van der Waals surface area contributed by atoms with Crippen LogP contribution in [-0.2, 0) is 16.0 Å². The van der Waals surface area contributed by atoms with Crippen LogP contribution < -0.4 is 25.3 Å². The lowest BCUT2D eigenvalue weighted by Crippen LogP contribution is -2.14. The maximum atomic E-state index is 12.2. The Labute approximate surface area is 196 Å². The summed E-state index contributed by atoms with van der Waals surface area (Å²) in [5.41, 5.74) is 6.45. The Balaban J connectivity index is 1.54. The number of aromatic nitrogens is 1. The molecule has 0 unspecified atom stereocenters. The zero-order valence-electron chi connectivity index (χ0n) is 18.2. The van der Waals surface area contributed by atoms with E-state index >= 15 is 0 Å². The quantitative estimate of drug-likeness (QED) is 0.310. The maximum Gasteiger partial charge on any atom is 0.250 e. The Morgan fingerprint density at radius 1 is 1.06 bits per heavy atom. The van der Waals surface area contributed by atoms with Gasteiger partial charge in [-0.05, 0) is 42.8 Å². The van der Waals surface area contributed by atoms with E-state index in [0.29, 0.717) is 42.1 Å². The number of para-hydroxylation sites is 1. The number of nitrogens with one attached hydrogen (secondary N) is 1. The number of nitrogens with two attached hydrogens (primary N) is 1. The monoisotopic (exact) mass is 467 g/mol. The van der Waals surface area contributed by atoms with Crippen LogP contribution in [0.5, 0.6) is 17.2 Å². The number of carbonyl (C=O) groups excluding carboxylic acids is 2. The number of thiazole rings is 1. The lowest BCUT2D eigenvalue weighted by Gasteiger charge is -2.13. The molecule has 0 aliphatic heterocycles. The van der Waals surface area contributed by atoms with E-state index in [4.69, 9.17) is 19.9 Å². The molecule has 0 fully saturated rings. The molecule has 0 bridgehead atoms. The largest absolute Gasteiger partial charge is 0.490 e. The van der Waals surface area contributed by atoms with Gasteiger partial charge in [0.2, 0.25) is 11.8 Å². The van der Waals surface area contributed by atoms with Gasteiger partial charge in [-0.1, -0.05) is 24.3 Å². The molecule has 2 amide bonds. The second kappa shape index (κ2) is 12.3. The molecule has 0 saturated carbocycles. The minimum Gasteiger partial charge on any atom is -0.490 e. The fourth-order valence-corrected chi connectivity index (χ4v) is 3.50. The molecule has 1 aromatic heterocycles. The molecule has 3 rings (SSSR count). The first kappa shape index (κ1) is 23.8. The molecule has 0 saturated heterocycles. The molecule has 0 radical (unpaired) electrons. The van der Waals surface area contributed by atoms with Crippen LogP contribution in [0.25, 0.3) is 6.08 Å². The Kier molecular flexibility index (Phi) is 8.84. The Morgan fingerprint density at radius 3 is 2.61 bits per heavy atom. The molecule has 0 aliphatic rings. The van der Waals surface area contributed by atoms with E-state index in [-0.39, 0.29) is 12.3 Å². The smallest absolute Gasteiger partial charge is 0.250 e. The fraction of sp³-hybridized carbons (Fsp3) is 0.208. The lowest BCUT2D eigenvalue weighted by molar-refractivity contribution is -0.117. The second-order valence-corrected chi connectivity index (χ2v) is 7.62. The highest BCUT2D eigenvalue weighted by molar-refractivity contribution is 7.14. The summed E-state index contributed by atoms with van der Waals surface area (Å²) in [7, 11) is 0. The number of nitrogens with zero attached hydrogens (tertiary/aromatic N) is 1. The second-order valence-electron chi connectivity index (χ2n) is 6.76. The third-order valence-electron chi connectivity index (χ3n) is 4.18. The molecule has 33 heavy (non-hydrogen) atoms. The Morgan fingerprint density at radius 2 is 1.85 bits per heavy atom. The molecule has 0 spiro atoms. The molecular weight excluding hydrogens is 442 g/mol. The molecule has 9 heteroatoms. The lowest BCUT2D eigenvalue weighted by atomic mass is 10.2. The number of hydrogen-bond donors (Lipinski definition) is 2. The molecule has 1 heterocycles. The first-order valence-electron chi connectivity index (χ1n) is 10.3. The van der Waals surface area contributed by atoms with Crippen LogP contribution in [-0.4, -0.2) is 36.6 Å². The number of carbonyl (C=O) groups is 2. The van der Waals surface area contributed by atoms with Gasteiger partial charge in [-0.15, -0.1) is 11.3 Å². The van der Waals surface area contributed by atoms with Crippen molar-refractivity contribution in [3.63, 3.8) is 0 Å². The first-order valence-corrected chi connectivity index (χ1v) is 11.2. The van der Waals surface area contributed by atoms with Crippen molar-refractivity contribution in [2.75, 3.05) is 25.1 Å². The van der Waals surface area contributed by atoms with E-state index in [1.54, 1.807) is 23.6 Å². The fourth-order valence-electron chi connectivity index (χ4n) is 2.79. The molecule has 3 aromatic rings. The zero-order chi connectivity index (χ0) is 23.5. The number of amides is 2. The molecule has 0 atom stereocenters. The maximum absolute atomic E-state index is 12.2. The number of benzene rings is 2. The van der Waals surface area contributed by atoms with Crippen molar-refractivity contribution in [3.8, 4) is 17.2 Å². The normalized spacial score (nSPS) is 10.7. The van der Waals surface area contributed by atoms with Crippen molar-refractivity contribution >= 4 is 34.4 Å². The van der Waals surface area contributed by atoms with Gasteiger partial charge in [-0.3, -0.25) is 14.9 Å². The van der Waals surface area contributed by atoms with Crippen LogP contribution in [0.2, 0.25) is 0 Å². The highest BCUT2D eigenvalue weighted by Gasteiger charge is 2.08. The first-order chi connectivity index (χ1) is 16.0. The molecule has 3 N–H and O–H groups in total. The summed E-state index contributed by atoms with van der Waals surface area (Å²) in [5, 5.41) is 4.75. The molecule has 8 nitrogen and oxygen atoms in total. The van der Waals surface area contributed by atoms with Crippen molar-refractivity contribution in [2.24, 2.45) is 5.73 Å². The molecule has 172 valence electrons. The number of primary amides is 1. The van der Waals surface area contributed by atoms with Gasteiger partial charge in [0.15, 0.2) is 16.6 Å².